The third kappa shape index (κ3) is 2.07. The zero-order chi connectivity index (χ0) is 12.0. The predicted octanol–water partition coefficient (Wildman–Crippen LogP) is 5.18. The number of rotatable bonds is 1. The molecule has 1 aromatic carbocycles. The van der Waals surface area contributed by atoms with E-state index in [4.69, 9.17) is 58.0 Å². The summed E-state index contributed by atoms with van der Waals surface area (Å²) >= 11 is 29.6. The Morgan fingerprint density at radius 2 is 1.44 bits per heavy atom. The number of hydrogen-bond donors (Lipinski definition) is 0. The van der Waals surface area contributed by atoms with Gasteiger partial charge in [-0.05, 0) is 11.1 Å². The first kappa shape index (κ1) is 12.9. The summed E-state index contributed by atoms with van der Waals surface area (Å²) < 4.78 is -3.35. The molecule has 5 heteroatoms. The minimum absolute atomic E-state index is 0.603. The van der Waals surface area contributed by atoms with E-state index in [0.717, 1.165) is 11.1 Å². The van der Waals surface area contributed by atoms with Gasteiger partial charge in [0.1, 0.15) is 0 Å². The molecule has 0 atom stereocenters. The van der Waals surface area contributed by atoms with E-state index in [2.05, 4.69) is 0 Å². The van der Waals surface area contributed by atoms with Crippen LogP contribution in [0.4, 0.5) is 0 Å². The van der Waals surface area contributed by atoms with E-state index in [1.54, 1.807) is 6.08 Å². The molecule has 0 heterocycles. The smallest absolute Gasteiger partial charge is 0.0954 e. The maximum Gasteiger partial charge on any atom is 0.224 e. The largest absolute Gasteiger partial charge is 0.224 e. The number of allylic oxidation sites excluding steroid dienone is 1. The SMILES string of the molecule is ClC(Cl)(Cl)C(Cl)(Cl)[C]1C=Cc2ccccc21. The summed E-state index contributed by atoms with van der Waals surface area (Å²) in [6.07, 6.45) is 3.66. The van der Waals surface area contributed by atoms with Gasteiger partial charge in [-0.2, -0.15) is 0 Å². The van der Waals surface area contributed by atoms with Crippen LogP contribution in [0, 0.1) is 5.92 Å². The van der Waals surface area contributed by atoms with E-state index in [-0.39, 0.29) is 0 Å². The molecule has 0 nitrogen and oxygen atoms in total. The van der Waals surface area contributed by atoms with Gasteiger partial charge in [0.15, 0.2) is 4.33 Å². The minimum Gasteiger partial charge on any atom is -0.0954 e. The molecular weight excluding hydrogens is 309 g/mol. The molecule has 85 valence electrons. The minimum atomic E-state index is -1.78. The molecule has 1 radical (unpaired) electrons. The third-order valence-electron chi connectivity index (χ3n) is 2.37. The average Bonchev–Trinajstić information content (AvgIpc) is 2.59. The molecule has 1 aliphatic carbocycles. The lowest BCUT2D eigenvalue weighted by Gasteiger charge is -2.32. The van der Waals surface area contributed by atoms with Crippen molar-refractivity contribution in [1.82, 2.24) is 0 Å². The highest BCUT2D eigenvalue weighted by atomic mass is 35.6. The monoisotopic (exact) mass is 313 g/mol. The fourth-order valence-corrected chi connectivity index (χ4v) is 2.21. The van der Waals surface area contributed by atoms with Crippen LogP contribution in [0.5, 0.6) is 0 Å². The first-order valence-electron chi connectivity index (χ1n) is 4.43. The van der Waals surface area contributed by atoms with Crippen LogP contribution >= 0.6 is 58.0 Å². The third-order valence-corrected chi connectivity index (χ3v) is 4.78. The van der Waals surface area contributed by atoms with Crippen LogP contribution in [0.3, 0.4) is 0 Å². The Kier molecular flexibility index (Phi) is 3.42. The Bertz CT molecular complexity index is 430. The first-order valence-corrected chi connectivity index (χ1v) is 6.32. The molecule has 16 heavy (non-hydrogen) atoms. The second-order valence-corrected chi connectivity index (χ2v) is 7.02. The van der Waals surface area contributed by atoms with E-state index in [9.17, 15) is 0 Å². The van der Waals surface area contributed by atoms with Crippen molar-refractivity contribution in [1.29, 1.82) is 0 Å². The van der Waals surface area contributed by atoms with Crippen LogP contribution in [-0.2, 0) is 0 Å². The Balaban J connectivity index is 2.43. The number of benzene rings is 1. The number of alkyl halides is 5. The van der Waals surface area contributed by atoms with Crippen LogP contribution < -0.4 is 0 Å². The van der Waals surface area contributed by atoms with E-state index >= 15 is 0 Å². The van der Waals surface area contributed by atoms with Crippen molar-refractivity contribution in [3.05, 3.63) is 47.4 Å². The number of hydrogen-bond acceptors (Lipinski definition) is 0. The summed E-state index contributed by atoms with van der Waals surface area (Å²) in [7, 11) is 0. The van der Waals surface area contributed by atoms with Crippen molar-refractivity contribution in [2.24, 2.45) is 0 Å². The fraction of sp³-hybridized carbons (Fsp3) is 0.182. The van der Waals surface area contributed by atoms with Crippen molar-refractivity contribution >= 4 is 64.1 Å². The molecule has 0 aliphatic heterocycles. The van der Waals surface area contributed by atoms with Gasteiger partial charge in [-0.15, -0.1) is 0 Å². The van der Waals surface area contributed by atoms with Crippen molar-refractivity contribution in [2.75, 3.05) is 0 Å². The van der Waals surface area contributed by atoms with Crippen LogP contribution in [0.25, 0.3) is 6.08 Å². The highest BCUT2D eigenvalue weighted by Crippen LogP contribution is 2.55. The molecule has 2 rings (SSSR count). The molecule has 1 aliphatic rings. The molecule has 0 saturated heterocycles. The summed E-state index contributed by atoms with van der Waals surface area (Å²) in [6, 6.07) is 7.64. The van der Waals surface area contributed by atoms with Gasteiger partial charge in [0, 0.05) is 0 Å². The molecule has 0 unspecified atom stereocenters. The van der Waals surface area contributed by atoms with E-state index in [1.807, 2.05) is 30.3 Å². The van der Waals surface area contributed by atoms with Crippen LogP contribution in [0.2, 0.25) is 0 Å². The number of halogens is 5. The standard InChI is InChI=1S/C11H6Cl5/c12-10(13,11(14,15)16)9-6-5-7-3-1-2-4-8(7)9/h1-6H. The van der Waals surface area contributed by atoms with Gasteiger partial charge in [0.2, 0.25) is 3.79 Å². The lowest BCUT2D eigenvalue weighted by atomic mass is 9.97. The molecular formula is C11H6Cl5. The van der Waals surface area contributed by atoms with Crippen LogP contribution in [-0.4, -0.2) is 8.13 Å². The molecule has 0 bridgehead atoms. The first-order chi connectivity index (χ1) is 7.34. The fourth-order valence-electron chi connectivity index (χ4n) is 1.58. The maximum atomic E-state index is 6.13. The van der Waals surface area contributed by atoms with E-state index in [0.29, 0.717) is 5.92 Å². The van der Waals surface area contributed by atoms with Gasteiger partial charge in [-0.3, -0.25) is 0 Å². The highest BCUT2D eigenvalue weighted by Gasteiger charge is 2.52. The lowest BCUT2D eigenvalue weighted by molar-refractivity contribution is 0.871. The quantitative estimate of drug-likeness (QED) is 0.626. The Hall–Kier alpha value is 0.410. The average molecular weight is 315 g/mol. The van der Waals surface area contributed by atoms with Crippen LogP contribution in [0.15, 0.2) is 30.3 Å². The van der Waals surface area contributed by atoms with E-state index < -0.39 is 8.13 Å². The Morgan fingerprint density at radius 3 is 2.06 bits per heavy atom. The maximum absolute atomic E-state index is 6.13. The van der Waals surface area contributed by atoms with Gasteiger partial charge >= 0.3 is 0 Å². The second-order valence-electron chi connectivity index (χ2n) is 3.41. The Morgan fingerprint density at radius 1 is 0.812 bits per heavy atom. The van der Waals surface area contributed by atoms with Crippen LogP contribution in [0.1, 0.15) is 11.1 Å². The summed E-state index contributed by atoms with van der Waals surface area (Å²) in [5, 5.41) is 0. The zero-order valence-electron chi connectivity index (χ0n) is 7.85. The molecule has 0 saturated carbocycles. The summed E-state index contributed by atoms with van der Waals surface area (Å²) in [6.45, 7) is 0. The van der Waals surface area contributed by atoms with Gasteiger partial charge < -0.3 is 0 Å². The van der Waals surface area contributed by atoms with E-state index in [1.165, 1.54) is 0 Å². The summed E-state index contributed by atoms with van der Waals surface area (Å²) in [5.41, 5.74) is 1.90. The van der Waals surface area contributed by atoms with Gasteiger partial charge in [0.25, 0.3) is 0 Å². The van der Waals surface area contributed by atoms with Gasteiger partial charge in [-0.1, -0.05) is 94.4 Å². The molecule has 0 aromatic heterocycles. The topological polar surface area (TPSA) is 0 Å². The van der Waals surface area contributed by atoms with Gasteiger partial charge in [-0.25, -0.2) is 0 Å². The molecule has 0 spiro atoms. The molecule has 0 fully saturated rings. The second kappa shape index (κ2) is 4.26. The van der Waals surface area contributed by atoms with Crippen molar-refractivity contribution in [3.63, 3.8) is 0 Å². The normalized spacial score (nSPS) is 16.6. The lowest BCUT2D eigenvalue weighted by Crippen LogP contribution is -2.36. The summed E-state index contributed by atoms with van der Waals surface area (Å²) in [5.74, 6) is 0.603. The van der Waals surface area contributed by atoms with Crippen molar-refractivity contribution in [3.8, 4) is 0 Å². The predicted molar refractivity (Wildman–Crippen MR) is 72.5 cm³/mol. The highest BCUT2D eigenvalue weighted by molar-refractivity contribution is 6.76. The molecule has 0 N–H and O–H groups in total. The number of fused-ring (bicyclic) bond motifs is 1. The molecule has 1 aromatic rings. The van der Waals surface area contributed by atoms with Gasteiger partial charge in [0.05, 0.1) is 5.92 Å². The van der Waals surface area contributed by atoms with Crippen molar-refractivity contribution < 1.29 is 0 Å². The Labute approximate surface area is 119 Å². The molecule has 0 amide bonds. The zero-order valence-corrected chi connectivity index (χ0v) is 11.6. The summed E-state index contributed by atoms with van der Waals surface area (Å²) in [4.78, 5) is 0. The van der Waals surface area contributed by atoms with Crippen molar-refractivity contribution in [2.45, 2.75) is 8.13 Å².